The van der Waals surface area contributed by atoms with Crippen molar-refractivity contribution in [3.63, 3.8) is 0 Å². The molecule has 1 saturated heterocycles. The zero-order valence-corrected chi connectivity index (χ0v) is 13.5. The molecule has 2 aromatic rings. The second-order valence-electron chi connectivity index (χ2n) is 6.29. The number of hydrogen-bond acceptors (Lipinski definition) is 2. The molecule has 1 unspecified atom stereocenters. The Bertz CT molecular complexity index is 801. The van der Waals surface area contributed by atoms with Crippen molar-refractivity contribution in [3.8, 4) is 0 Å². The van der Waals surface area contributed by atoms with Crippen molar-refractivity contribution in [2.24, 2.45) is 0 Å². The Hall–Kier alpha value is -2.82. The minimum atomic E-state index is -0.0869. The van der Waals surface area contributed by atoms with E-state index in [4.69, 9.17) is 0 Å². The number of benzene rings is 2. The van der Waals surface area contributed by atoms with Gasteiger partial charge in [-0.05, 0) is 49.2 Å². The first-order valence-electron chi connectivity index (χ1n) is 8.22. The van der Waals surface area contributed by atoms with Crippen LogP contribution in [0.1, 0.15) is 22.8 Å². The van der Waals surface area contributed by atoms with Crippen LogP contribution in [0, 0.1) is 0 Å². The Labute approximate surface area is 140 Å². The second-order valence-corrected chi connectivity index (χ2v) is 6.29. The van der Waals surface area contributed by atoms with Crippen LogP contribution in [-0.2, 0) is 6.42 Å². The van der Waals surface area contributed by atoms with Crippen molar-refractivity contribution in [2.75, 3.05) is 22.9 Å². The quantitative estimate of drug-likeness (QED) is 0.925. The molecule has 0 aromatic heterocycles. The lowest BCUT2D eigenvalue weighted by Crippen LogP contribution is -2.35. The summed E-state index contributed by atoms with van der Waals surface area (Å²) in [5.74, 6) is 0.00451. The van der Waals surface area contributed by atoms with Crippen LogP contribution < -0.4 is 15.1 Å². The van der Waals surface area contributed by atoms with Crippen LogP contribution in [0.3, 0.4) is 0 Å². The van der Waals surface area contributed by atoms with Crippen LogP contribution in [0.2, 0.25) is 0 Å². The van der Waals surface area contributed by atoms with Crippen LogP contribution in [0.4, 0.5) is 16.2 Å². The summed E-state index contributed by atoms with van der Waals surface area (Å²) in [6.45, 7) is 3.38. The Morgan fingerprint density at radius 3 is 2.58 bits per heavy atom. The van der Waals surface area contributed by atoms with Crippen molar-refractivity contribution in [1.29, 1.82) is 0 Å². The molecule has 1 atom stereocenters. The van der Waals surface area contributed by atoms with E-state index in [1.165, 1.54) is 5.56 Å². The van der Waals surface area contributed by atoms with Gasteiger partial charge in [0.05, 0.1) is 0 Å². The van der Waals surface area contributed by atoms with Crippen LogP contribution in [0.5, 0.6) is 0 Å². The summed E-state index contributed by atoms with van der Waals surface area (Å²) >= 11 is 0. The molecule has 2 aromatic carbocycles. The molecule has 0 radical (unpaired) electrons. The van der Waals surface area contributed by atoms with Gasteiger partial charge in [0.25, 0.3) is 5.91 Å². The van der Waals surface area contributed by atoms with Gasteiger partial charge in [0, 0.05) is 36.1 Å². The van der Waals surface area contributed by atoms with Gasteiger partial charge < -0.3 is 10.2 Å². The lowest BCUT2D eigenvalue weighted by molar-refractivity contribution is 0.0981. The van der Waals surface area contributed by atoms with E-state index in [2.05, 4.69) is 18.3 Å². The Balaban J connectivity index is 1.60. The molecule has 4 rings (SSSR count). The third-order valence-corrected chi connectivity index (χ3v) is 4.71. The van der Waals surface area contributed by atoms with Gasteiger partial charge in [-0.3, -0.25) is 9.69 Å². The van der Waals surface area contributed by atoms with Gasteiger partial charge in [0.2, 0.25) is 0 Å². The summed E-state index contributed by atoms with van der Waals surface area (Å²) in [6, 6.07) is 15.4. The van der Waals surface area contributed by atoms with Gasteiger partial charge in [-0.1, -0.05) is 18.2 Å². The number of amides is 3. The number of carbonyl (C=O) groups excluding carboxylic acids is 2. The highest BCUT2D eigenvalue weighted by molar-refractivity contribution is 6.08. The number of para-hydroxylation sites is 1. The largest absolute Gasteiger partial charge is 0.336 e. The predicted octanol–water partition coefficient (Wildman–Crippen LogP) is 2.81. The molecule has 1 fully saturated rings. The van der Waals surface area contributed by atoms with Gasteiger partial charge in [-0.15, -0.1) is 0 Å². The smallest absolute Gasteiger partial charge is 0.321 e. The molecule has 0 bridgehead atoms. The van der Waals surface area contributed by atoms with E-state index in [0.717, 1.165) is 17.8 Å². The zero-order valence-electron chi connectivity index (χ0n) is 13.5. The van der Waals surface area contributed by atoms with Crippen LogP contribution in [0.15, 0.2) is 48.5 Å². The Kier molecular flexibility index (Phi) is 3.49. The van der Waals surface area contributed by atoms with Gasteiger partial charge in [0.15, 0.2) is 0 Å². The van der Waals surface area contributed by atoms with Gasteiger partial charge >= 0.3 is 6.03 Å². The fraction of sp³-hybridized carbons (Fsp3) is 0.263. The highest BCUT2D eigenvalue weighted by Gasteiger charge is 2.31. The van der Waals surface area contributed by atoms with E-state index in [1.807, 2.05) is 35.2 Å². The lowest BCUT2D eigenvalue weighted by Gasteiger charge is -2.23. The molecule has 0 spiro atoms. The monoisotopic (exact) mass is 321 g/mol. The molecule has 2 aliphatic rings. The summed E-state index contributed by atoms with van der Waals surface area (Å²) in [4.78, 5) is 28.2. The summed E-state index contributed by atoms with van der Waals surface area (Å²) in [5.41, 5.74) is 3.67. The highest BCUT2D eigenvalue weighted by atomic mass is 16.2. The molecule has 2 heterocycles. The normalized spacial score (nSPS) is 19.4. The van der Waals surface area contributed by atoms with Gasteiger partial charge in [0.1, 0.15) is 0 Å². The maximum absolute atomic E-state index is 13.0. The molecule has 0 saturated carbocycles. The van der Waals surface area contributed by atoms with Crippen molar-refractivity contribution < 1.29 is 9.59 Å². The number of nitrogens with one attached hydrogen (secondary N) is 1. The summed E-state index contributed by atoms with van der Waals surface area (Å²) < 4.78 is 0. The number of nitrogens with zero attached hydrogens (tertiary/aromatic N) is 2. The summed E-state index contributed by atoms with van der Waals surface area (Å²) in [7, 11) is 0. The van der Waals surface area contributed by atoms with E-state index >= 15 is 0 Å². The highest BCUT2D eigenvalue weighted by Crippen LogP contribution is 2.33. The van der Waals surface area contributed by atoms with Crippen LogP contribution in [0.25, 0.3) is 0 Å². The molecular weight excluding hydrogens is 302 g/mol. The van der Waals surface area contributed by atoms with Gasteiger partial charge in [-0.2, -0.15) is 0 Å². The third kappa shape index (κ3) is 2.33. The lowest BCUT2D eigenvalue weighted by atomic mass is 10.1. The standard InChI is InChI=1S/C19H19N3O2/c1-13-12-15-4-2-3-5-17(15)22(13)18(23)14-6-8-16(9-7-14)21-11-10-20-19(21)24/h2-9,13H,10-12H2,1H3,(H,20,24). The van der Waals surface area contributed by atoms with E-state index < -0.39 is 0 Å². The summed E-state index contributed by atoms with van der Waals surface area (Å²) in [6.07, 6.45) is 0.883. The van der Waals surface area contributed by atoms with Crippen molar-refractivity contribution in [3.05, 3.63) is 59.7 Å². The Morgan fingerprint density at radius 1 is 1.12 bits per heavy atom. The molecular formula is C19H19N3O2. The SMILES string of the molecule is CC1Cc2ccccc2N1C(=O)c1ccc(N2CCNC2=O)cc1. The van der Waals surface area contributed by atoms with Gasteiger partial charge in [-0.25, -0.2) is 4.79 Å². The Morgan fingerprint density at radius 2 is 1.88 bits per heavy atom. The summed E-state index contributed by atoms with van der Waals surface area (Å²) in [5, 5.41) is 2.78. The third-order valence-electron chi connectivity index (χ3n) is 4.71. The minimum Gasteiger partial charge on any atom is -0.336 e. The average Bonchev–Trinajstić information content (AvgIpc) is 3.16. The predicted molar refractivity (Wildman–Crippen MR) is 93.6 cm³/mol. The van der Waals surface area contributed by atoms with Crippen LogP contribution in [-0.4, -0.2) is 31.1 Å². The number of urea groups is 1. The van der Waals surface area contributed by atoms with E-state index in [9.17, 15) is 9.59 Å². The molecule has 1 N–H and O–H groups in total. The number of hydrogen-bond donors (Lipinski definition) is 1. The van der Waals surface area contributed by atoms with Crippen molar-refractivity contribution >= 4 is 23.3 Å². The molecule has 122 valence electrons. The topological polar surface area (TPSA) is 52.7 Å². The molecule has 5 nitrogen and oxygen atoms in total. The maximum atomic E-state index is 13.0. The van der Waals surface area contributed by atoms with E-state index in [1.54, 1.807) is 17.0 Å². The first-order chi connectivity index (χ1) is 11.6. The minimum absolute atomic E-state index is 0.00451. The second kappa shape index (κ2) is 5.67. The number of fused-ring (bicyclic) bond motifs is 1. The van der Waals surface area contributed by atoms with E-state index in [-0.39, 0.29) is 18.0 Å². The first kappa shape index (κ1) is 14.8. The maximum Gasteiger partial charge on any atom is 0.321 e. The van der Waals surface area contributed by atoms with Crippen molar-refractivity contribution in [2.45, 2.75) is 19.4 Å². The van der Waals surface area contributed by atoms with Crippen LogP contribution >= 0.6 is 0 Å². The zero-order chi connectivity index (χ0) is 16.7. The number of rotatable bonds is 2. The average molecular weight is 321 g/mol. The fourth-order valence-electron chi connectivity index (χ4n) is 3.52. The molecule has 3 amide bonds. The fourth-order valence-corrected chi connectivity index (χ4v) is 3.52. The molecule has 5 heteroatoms. The molecule has 0 aliphatic carbocycles. The number of carbonyl (C=O) groups is 2. The number of anilines is 2. The molecule has 24 heavy (non-hydrogen) atoms. The molecule has 2 aliphatic heterocycles. The van der Waals surface area contributed by atoms with Crippen molar-refractivity contribution in [1.82, 2.24) is 5.32 Å². The first-order valence-corrected chi connectivity index (χ1v) is 8.22. The van der Waals surface area contributed by atoms with E-state index in [0.29, 0.717) is 18.7 Å².